The van der Waals surface area contributed by atoms with Gasteiger partial charge < -0.3 is 10.2 Å². The summed E-state index contributed by atoms with van der Waals surface area (Å²) in [6.45, 7) is 2.03. The van der Waals surface area contributed by atoms with Crippen molar-refractivity contribution in [3.05, 3.63) is 71.4 Å². The summed E-state index contributed by atoms with van der Waals surface area (Å²) >= 11 is 0. The van der Waals surface area contributed by atoms with Crippen LogP contribution in [0, 0.1) is 6.92 Å². The van der Waals surface area contributed by atoms with E-state index in [4.69, 9.17) is 5.10 Å². The number of benzene rings is 2. The molecule has 1 aliphatic carbocycles. The Morgan fingerprint density at radius 2 is 1.68 bits per heavy atom. The van der Waals surface area contributed by atoms with Crippen LogP contribution in [0.15, 0.2) is 54.6 Å². The molecule has 1 fully saturated rings. The van der Waals surface area contributed by atoms with Gasteiger partial charge in [0.05, 0.1) is 23.7 Å². The molecule has 5 heteroatoms. The largest absolute Gasteiger partial charge is 0.392 e. The molecule has 1 aliphatic rings. The molecule has 0 spiro atoms. The maximum absolute atomic E-state index is 11.6. The van der Waals surface area contributed by atoms with Crippen LogP contribution in [0.3, 0.4) is 0 Å². The van der Waals surface area contributed by atoms with Crippen molar-refractivity contribution in [2.75, 3.05) is 0 Å². The molecule has 0 bridgehead atoms. The van der Waals surface area contributed by atoms with Crippen LogP contribution in [0.4, 0.5) is 0 Å². The molecular weight excluding hydrogens is 352 g/mol. The number of aromatic nitrogens is 2. The second-order valence-corrected chi connectivity index (χ2v) is 7.59. The Hall–Kier alpha value is -2.76. The molecule has 0 amide bonds. The number of ketones is 1. The van der Waals surface area contributed by atoms with E-state index in [0.717, 1.165) is 22.5 Å². The molecule has 28 heavy (non-hydrogen) atoms. The second-order valence-electron chi connectivity index (χ2n) is 7.59. The van der Waals surface area contributed by atoms with Crippen LogP contribution in [0.25, 0.3) is 16.9 Å². The van der Waals surface area contributed by atoms with Crippen LogP contribution >= 0.6 is 0 Å². The van der Waals surface area contributed by atoms with Gasteiger partial charge in [0.2, 0.25) is 0 Å². The van der Waals surface area contributed by atoms with Gasteiger partial charge in [-0.15, -0.1) is 0 Å². The van der Waals surface area contributed by atoms with Gasteiger partial charge in [0.15, 0.2) is 0 Å². The van der Waals surface area contributed by atoms with E-state index >= 15 is 0 Å². The zero-order valence-corrected chi connectivity index (χ0v) is 15.9. The first kappa shape index (κ1) is 18.6. The number of hydrogen-bond donors (Lipinski definition) is 2. The number of aryl methyl sites for hydroxylation is 1. The molecular formula is C23H24N2O3. The van der Waals surface area contributed by atoms with Gasteiger partial charge in [0, 0.05) is 18.4 Å². The van der Waals surface area contributed by atoms with Crippen LogP contribution in [-0.2, 0) is 17.0 Å². The van der Waals surface area contributed by atoms with E-state index in [0.29, 0.717) is 31.4 Å². The van der Waals surface area contributed by atoms with E-state index in [-0.39, 0.29) is 12.4 Å². The molecule has 0 unspecified atom stereocenters. The van der Waals surface area contributed by atoms with Crippen molar-refractivity contribution < 1.29 is 15.0 Å². The highest BCUT2D eigenvalue weighted by Crippen LogP contribution is 2.37. The Balaban J connectivity index is 1.81. The van der Waals surface area contributed by atoms with Crippen LogP contribution in [-0.4, -0.2) is 25.8 Å². The minimum absolute atomic E-state index is 0.0107. The maximum Gasteiger partial charge on any atom is 0.133 e. The highest BCUT2D eigenvalue weighted by Gasteiger charge is 2.37. The Labute approximate surface area is 164 Å². The molecule has 0 atom stereocenters. The van der Waals surface area contributed by atoms with Crippen molar-refractivity contribution >= 4 is 5.78 Å². The normalized spacial score (nSPS) is 16.3. The summed E-state index contributed by atoms with van der Waals surface area (Å²) in [7, 11) is 0. The summed E-state index contributed by atoms with van der Waals surface area (Å²) in [4.78, 5) is 11.6. The van der Waals surface area contributed by atoms with Crippen molar-refractivity contribution in [1.82, 2.24) is 9.78 Å². The predicted molar refractivity (Wildman–Crippen MR) is 107 cm³/mol. The lowest BCUT2D eigenvalue weighted by molar-refractivity contribution is -0.125. The molecule has 5 nitrogen and oxygen atoms in total. The fourth-order valence-electron chi connectivity index (χ4n) is 3.68. The van der Waals surface area contributed by atoms with Gasteiger partial charge in [-0.1, -0.05) is 42.0 Å². The Kier molecular flexibility index (Phi) is 4.87. The highest BCUT2D eigenvalue weighted by atomic mass is 16.3. The van der Waals surface area contributed by atoms with Crippen molar-refractivity contribution in [2.24, 2.45) is 0 Å². The molecule has 0 saturated heterocycles. The van der Waals surface area contributed by atoms with Gasteiger partial charge >= 0.3 is 0 Å². The topological polar surface area (TPSA) is 75.3 Å². The van der Waals surface area contributed by atoms with Crippen LogP contribution in [0.2, 0.25) is 0 Å². The van der Waals surface area contributed by atoms with Crippen LogP contribution < -0.4 is 0 Å². The monoisotopic (exact) mass is 376 g/mol. The minimum atomic E-state index is -1.08. The molecule has 2 N–H and O–H groups in total. The van der Waals surface area contributed by atoms with E-state index in [1.165, 1.54) is 5.56 Å². The summed E-state index contributed by atoms with van der Waals surface area (Å²) in [5.74, 6) is 0.197. The quantitative estimate of drug-likeness (QED) is 0.728. The Bertz CT molecular complexity index is 978. The number of carbonyl (C=O) groups is 1. The number of carbonyl (C=O) groups excluding carboxylic acids is 1. The van der Waals surface area contributed by atoms with Gasteiger partial charge in [-0.05, 0) is 43.5 Å². The summed E-state index contributed by atoms with van der Waals surface area (Å²) < 4.78 is 1.83. The first-order chi connectivity index (χ1) is 13.5. The fourth-order valence-corrected chi connectivity index (χ4v) is 3.68. The van der Waals surface area contributed by atoms with Gasteiger partial charge in [-0.3, -0.25) is 4.79 Å². The van der Waals surface area contributed by atoms with Gasteiger partial charge in [-0.25, -0.2) is 4.68 Å². The lowest BCUT2D eigenvalue weighted by atomic mass is 9.82. The van der Waals surface area contributed by atoms with Gasteiger partial charge in [0.25, 0.3) is 0 Å². The molecule has 1 heterocycles. The number of aliphatic hydroxyl groups excluding tert-OH is 1. The number of Topliss-reactive ketones (excluding diaryl/α,β-unsaturated/α-hetero) is 1. The average molecular weight is 376 g/mol. The average Bonchev–Trinajstić information content (AvgIpc) is 3.17. The molecule has 0 aliphatic heterocycles. The van der Waals surface area contributed by atoms with E-state index in [1.807, 2.05) is 54.1 Å². The number of hydrogen-bond acceptors (Lipinski definition) is 4. The lowest BCUT2D eigenvalue weighted by Crippen LogP contribution is -2.32. The zero-order chi connectivity index (χ0) is 19.7. The molecule has 0 radical (unpaired) electrons. The van der Waals surface area contributed by atoms with Crippen LogP contribution in [0.5, 0.6) is 0 Å². The van der Waals surface area contributed by atoms with Crippen molar-refractivity contribution in [1.29, 1.82) is 0 Å². The van der Waals surface area contributed by atoms with E-state index in [2.05, 4.69) is 12.1 Å². The molecule has 3 aromatic rings. The first-order valence-corrected chi connectivity index (χ1v) is 9.60. The molecule has 2 aromatic carbocycles. The first-order valence-electron chi connectivity index (χ1n) is 9.60. The fraction of sp³-hybridized carbons (Fsp3) is 0.304. The second kappa shape index (κ2) is 7.34. The van der Waals surface area contributed by atoms with Gasteiger partial charge in [0.1, 0.15) is 11.4 Å². The summed E-state index contributed by atoms with van der Waals surface area (Å²) in [6, 6.07) is 17.7. The number of aliphatic hydroxyl groups is 2. The molecule has 144 valence electrons. The van der Waals surface area contributed by atoms with Gasteiger partial charge in [-0.2, -0.15) is 5.10 Å². The summed E-state index contributed by atoms with van der Waals surface area (Å²) in [5.41, 5.74) is 4.27. The predicted octanol–water partition coefficient (Wildman–Crippen LogP) is 3.67. The smallest absolute Gasteiger partial charge is 0.133 e. The Morgan fingerprint density at radius 3 is 2.29 bits per heavy atom. The minimum Gasteiger partial charge on any atom is -0.392 e. The van der Waals surface area contributed by atoms with E-state index in [9.17, 15) is 15.0 Å². The lowest BCUT2D eigenvalue weighted by Gasteiger charge is -2.29. The highest BCUT2D eigenvalue weighted by molar-refractivity contribution is 5.79. The van der Waals surface area contributed by atoms with Crippen molar-refractivity contribution in [3.63, 3.8) is 0 Å². The van der Waals surface area contributed by atoms with E-state index < -0.39 is 5.60 Å². The zero-order valence-electron chi connectivity index (χ0n) is 15.9. The SMILES string of the molecule is Cc1ccc(-c2cc(C3(O)CCC(=O)CC3)nn2-c2ccc(CO)cc2)cc1. The van der Waals surface area contributed by atoms with Crippen molar-refractivity contribution in [3.8, 4) is 16.9 Å². The third-order valence-electron chi connectivity index (χ3n) is 5.53. The third-order valence-corrected chi connectivity index (χ3v) is 5.53. The molecule has 4 rings (SSSR count). The van der Waals surface area contributed by atoms with E-state index in [1.54, 1.807) is 0 Å². The third kappa shape index (κ3) is 3.51. The summed E-state index contributed by atoms with van der Waals surface area (Å²) in [6.07, 6.45) is 1.57. The van der Waals surface area contributed by atoms with Crippen LogP contribution in [0.1, 0.15) is 42.5 Å². The summed E-state index contributed by atoms with van der Waals surface area (Å²) in [5, 5.41) is 25.2. The van der Waals surface area contributed by atoms with Crippen molar-refractivity contribution in [2.45, 2.75) is 44.8 Å². The number of nitrogens with zero attached hydrogens (tertiary/aromatic N) is 2. The maximum atomic E-state index is 11.6. The molecule has 1 aromatic heterocycles. The molecule has 1 saturated carbocycles. The number of rotatable bonds is 4. The Morgan fingerprint density at radius 1 is 1.04 bits per heavy atom. The standard InChI is InChI=1S/C23H24N2O3/c1-16-2-6-18(7-3-16)21-14-22(23(28)12-10-20(27)11-13-23)24-25(21)19-8-4-17(15-26)5-9-19/h2-9,14,26,28H,10-13,15H2,1H3.